The SMILES string of the molecule is CCNC(=O)[C@H](Cc1ccccc1)N(Cc1ccc(F)cc1)C(=O)COc1ccc(F)cc1. The summed E-state index contributed by atoms with van der Waals surface area (Å²) in [6.45, 7) is 1.98. The predicted octanol–water partition coefficient (Wildman–Crippen LogP) is 4.12. The number of likely N-dealkylation sites (N-methyl/N-ethyl adjacent to an activating group) is 1. The van der Waals surface area contributed by atoms with Gasteiger partial charge in [-0.25, -0.2) is 8.78 Å². The number of nitrogens with one attached hydrogen (secondary N) is 1. The van der Waals surface area contributed by atoms with Crippen LogP contribution >= 0.6 is 0 Å². The van der Waals surface area contributed by atoms with Crippen LogP contribution in [0.1, 0.15) is 18.1 Å². The van der Waals surface area contributed by atoms with Crippen molar-refractivity contribution in [3.05, 3.63) is 102 Å². The molecule has 7 heteroatoms. The second-order valence-electron chi connectivity index (χ2n) is 7.49. The Balaban J connectivity index is 1.87. The molecule has 0 radical (unpaired) electrons. The quantitative estimate of drug-likeness (QED) is 0.504. The molecule has 3 rings (SSSR count). The Morgan fingerprint density at radius 2 is 1.48 bits per heavy atom. The van der Waals surface area contributed by atoms with Crippen molar-refractivity contribution in [2.45, 2.75) is 25.9 Å². The lowest BCUT2D eigenvalue weighted by Crippen LogP contribution is -2.51. The fraction of sp³-hybridized carbons (Fsp3) is 0.231. The molecule has 0 saturated carbocycles. The first kappa shape index (κ1) is 23.9. The molecular weight excluding hydrogens is 426 g/mol. The Labute approximate surface area is 192 Å². The highest BCUT2D eigenvalue weighted by atomic mass is 19.1. The minimum absolute atomic E-state index is 0.0977. The van der Waals surface area contributed by atoms with Crippen LogP contribution < -0.4 is 10.1 Å². The molecule has 0 fully saturated rings. The largest absolute Gasteiger partial charge is 0.484 e. The van der Waals surface area contributed by atoms with Gasteiger partial charge in [-0.3, -0.25) is 9.59 Å². The summed E-state index contributed by atoms with van der Waals surface area (Å²) in [6, 6.07) is 19.7. The second kappa shape index (κ2) is 11.8. The Bertz CT molecular complexity index is 1040. The van der Waals surface area contributed by atoms with Crippen molar-refractivity contribution < 1.29 is 23.1 Å². The summed E-state index contributed by atoms with van der Waals surface area (Å²) in [4.78, 5) is 27.7. The molecule has 0 aliphatic heterocycles. The van der Waals surface area contributed by atoms with Gasteiger partial charge in [0.25, 0.3) is 5.91 Å². The average Bonchev–Trinajstić information content (AvgIpc) is 2.82. The highest BCUT2D eigenvalue weighted by Gasteiger charge is 2.30. The molecular formula is C26H26F2N2O3. The van der Waals surface area contributed by atoms with Gasteiger partial charge in [-0.1, -0.05) is 42.5 Å². The number of carbonyl (C=O) groups excluding carboxylic acids is 2. The first-order valence-electron chi connectivity index (χ1n) is 10.7. The summed E-state index contributed by atoms with van der Waals surface area (Å²) in [6.07, 6.45) is 0.302. The molecule has 0 saturated heterocycles. The number of carbonyl (C=O) groups is 2. The van der Waals surface area contributed by atoms with Gasteiger partial charge in [-0.2, -0.15) is 0 Å². The third kappa shape index (κ3) is 7.14. The number of amides is 2. The molecule has 5 nitrogen and oxygen atoms in total. The lowest BCUT2D eigenvalue weighted by Gasteiger charge is -2.31. The number of nitrogens with zero attached hydrogens (tertiary/aromatic N) is 1. The van der Waals surface area contributed by atoms with E-state index in [1.54, 1.807) is 19.1 Å². The molecule has 1 atom stereocenters. The first-order chi connectivity index (χ1) is 16.0. The molecule has 0 aromatic heterocycles. The van der Waals surface area contributed by atoms with Crippen molar-refractivity contribution in [3.63, 3.8) is 0 Å². The zero-order chi connectivity index (χ0) is 23.6. The van der Waals surface area contributed by atoms with Gasteiger partial charge in [0, 0.05) is 19.5 Å². The van der Waals surface area contributed by atoms with E-state index >= 15 is 0 Å². The maximum atomic E-state index is 13.4. The van der Waals surface area contributed by atoms with Crippen molar-refractivity contribution in [1.29, 1.82) is 0 Å². The number of benzene rings is 3. The van der Waals surface area contributed by atoms with Crippen molar-refractivity contribution >= 4 is 11.8 Å². The van der Waals surface area contributed by atoms with Gasteiger partial charge in [0.1, 0.15) is 23.4 Å². The number of hydrogen-bond donors (Lipinski definition) is 1. The number of ether oxygens (including phenoxy) is 1. The van der Waals surface area contributed by atoms with Gasteiger partial charge in [-0.05, 0) is 54.4 Å². The molecule has 0 spiro atoms. The van der Waals surface area contributed by atoms with Gasteiger partial charge < -0.3 is 15.0 Å². The number of hydrogen-bond acceptors (Lipinski definition) is 3. The van der Waals surface area contributed by atoms with Gasteiger partial charge in [0.05, 0.1) is 0 Å². The van der Waals surface area contributed by atoms with Gasteiger partial charge in [0.2, 0.25) is 5.91 Å². The summed E-state index contributed by atoms with van der Waals surface area (Å²) < 4.78 is 32.1. The normalized spacial score (nSPS) is 11.5. The summed E-state index contributed by atoms with van der Waals surface area (Å²) in [5, 5.41) is 2.80. The molecule has 3 aromatic rings. The van der Waals surface area contributed by atoms with E-state index in [1.807, 2.05) is 30.3 Å². The summed E-state index contributed by atoms with van der Waals surface area (Å²) in [5.74, 6) is -1.18. The zero-order valence-electron chi connectivity index (χ0n) is 18.3. The molecule has 1 N–H and O–H groups in total. The average molecular weight is 453 g/mol. The molecule has 0 heterocycles. The third-order valence-electron chi connectivity index (χ3n) is 5.06. The topological polar surface area (TPSA) is 58.6 Å². The molecule has 33 heavy (non-hydrogen) atoms. The smallest absolute Gasteiger partial charge is 0.261 e. The molecule has 0 unspecified atom stereocenters. The molecule has 172 valence electrons. The van der Waals surface area contributed by atoms with Crippen LogP contribution in [-0.2, 0) is 22.6 Å². The number of halogens is 2. The fourth-order valence-corrected chi connectivity index (χ4v) is 3.39. The zero-order valence-corrected chi connectivity index (χ0v) is 18.3. The highest BCUT2D eigenvalue weighted by molar-refractivity contribution is 5.88. The monoisotopic (exact) mass is 452 g/mol. The van der Waals surface area contributed by atoms with E-state index in [1.165, 1.54) is 41.3 Å². The highest BCUT2D eigenvalue weighted by Crippen LogP contribution is 2.17. The van der Waals surface area contributed by atoms with Crippen LogP contribution in [0.25, 0.3) is 0 Å². The van der Waals surface area contributed by atoms with Crippen molar-refractivity contribution in [1.82, 2.24) is 10.2 Å². The van der Waals surface area contributed by atoms with E-state index in [0.29, 0.717) is 24.3 Å². The maximum absolute atomic E-state index is 13.4. The van der Waals surface area contributed by atoms with E-state index in [4.69, 9.17) is 4.74 Å². The maximum Gasteiger partial charge on any atom is 0.261 e. The molecule has 0 bridgehead atoms. The predicted molar refractivity (Wildman–Crippen MR) is 121 cm³/mol. The van der Waals surface area contributed by atoms with E-state index in [9.17, 15) is 18.4 Å². The van der Waals surface area contributed by atoms with Crippen LogP contribution in [0.5, 0.6) is 5.75 Å². The molecule has 0 aliphatic carbocycles. The van der Waals surface area contributed by atoms with Crippen molar-refractivity contribution in [2.24, 2.45) is 0 Å². The Hall–Kier alpha value is -3.74. The van der Waals surface area contributed by atoms with Crippen LogP contribution in [0, 0.1) is 11.6 Å². The minimum atomic E-state index is -0.804. The molecule has 2 amide bonds. The third-order valence-corrected chi connectivity index (χ3v) is 5.06. The van der Waals surface area contributed by atoms with E-state index in [2.05, 4.69) is 5.32 Å². The molecule has 3 aromatic carbocycles. The minimum Gasteiger partial charge on any atom is -0.484 e. The second-order valence-corrected chi connectivity index (χ2v) is 7.49. The van der Waals surface area contributed by atoms with Crippen molar-refractivity contribution in [2.75, 3.05) is 13.2 Å². The van der Waals surface area contributed by atoms with Crippen molar-refractivity contribution in [3.8, 4) is 5.75 Å². The summed E-state index contributed by atoms with van der Waals surface area (Å²) >= 11 is 0. The number of rotatable bonds is 10. The fourth-order valence-electron chi connectivity index (χ4n) is 3.39. The summed E-state index contributed by atoms with van der Waals surface area (Å²) in [7, 11) is 0. The first-order valence-corrected chi connectivity index (χ1v) is 10.7. The Morgan fingerprint density at radius 3 is 2.09 bits per heavy atom. The van der Waals surface area contributed by atoms with Crippen LogP contribution in [-0.4, -0.2) is 35.9 Å². The standard InChI is InChI=1S/C26H26F2N2O3/c1-2-29-26(32)24(16-19-6-4-3-5-7-19)30(17-20-8-10-21(27)11-9-20)25(31)18-33-23-14-12-22(28)13-15-23/h3-15,24H,2,16-18H2,1H3,(H,29,32)/t24-/m0/s1. The van der Waals surface area contributed by atoms with Gasteiger partial charge >= 0.3 is 0 Å². The lowest BCUT2D eigenvalue weighted by molar-refractivity contribution is -0.142. The van der Waals surface area contributed by atoms with E-state index in [-0.39, 0.29) is 24.9 Å². The van der Waals surface area contributed by atoms with E-state index < -0.39 is 17.8 Å². The molecule has 0 aliphatic rings. The van der Waals surface area contributed by atoms with Gasteiger partial charge in [0.15, 0.2) is 6.61 Å². The van der Waals surface area contributed by atoms with Crippen LogP contribution in [0.3, 0.4) is 0 Å². The summed E-state index contributed by atoms with van der Waals surface area (Å²) in [5.41, 5.74) is 1.57. The van der Waals surface area contributed by atoms with E-state index in [0.717, 1.165) is 5.56 Å². The van der Waals surface area contributed by atoms with Crippen LogP contribution in [0.4, 0.5) is 8.78 Å². The Morgan fingerprint density at radius 1 is 0.879 bits per heavy atom. The van der Waals surface area contributed by atoms with Gasteiger partial charge in [-0.15, -0.1) is 0 Å². The van der Waals surface area contributed by atoms with Crippen LogP contribution in [0.2, 0.25) is 0 Å². The Kier molecular flexibility index (Phi) is 8.52. The lowest BCUT2D eigenvalue weighted by atomic mass is 10.0. The van der Waals surface area contributed by atoms with Crippen LogP contribution in [0.15, 0.2) is 78.9 Å².